The van der Waals surface area contributed by atoms with Gasteiger partial charge < -0.3 is 0 Å². The highest BCUT2D eigenvalue weighted by molar-refractivity contribution is 9.09. The van der Waals surface area contributed by atoms with Gasteiger partial charge in [-0.1, -0.05) is 70.5 Å². The molecule has 0 radical (unpaired) electrons. The van der Waals surface area contributed by atoms with Crippen LogP contribution < -0.4 is 0 Å². The van der Waals surface area contributed by atoms with E-state index in [1.165, 1.54) is 22.4 Å². The van der Waals surface area contributed by atoms with E-state index in [2.05, 4.69) is 46.3 Å². The smallest absolute Gasteiger partial charge is 0.126 e. The molecule has 3 rings (SSSR count). The van der Waals surface area contributed by atoms with Gasteiger partial charge in [-0.3, -0.25) is 0 Å². The summed E-state index contributed by atoms with van der Waals surface area (Å²) < 4.78 is 13.4. The van der Waals surface area contributed by atoms with Crippen LogP contribution in [-0.2, 0) is 0 Å². The highest BCUT2D eigenvalue weighted by Gasteiger charge is 2.14. The van der Waals surface area contributed by atoms with Gasteiger partial charge in [0, 0.05) is 0 Å². The molecule has 0 saturated carbocycles. The summed E-state index contributed by atoms with van der Waals surface area (Å²) in [4.78, 5) is 0.0629. The van der Waals surface area contributed by atoms with Crippen molar-refractivity contribution in [1.82, 2.24) is 0 Å². The maximum atomic E-state index is 13.4. The summed E-state index contributed by atoms with van der Waals surface area (Å²) in [6.07, 6.45) is 0. The number of hydrogen-bond donors (Lipinski definition) is 0. The minimum atomic E-state index is -0.161. The molecular formula is C18H14BrF. The largest absolute Gasteiger partial charge is 0.207 e. The summed E-state index contributed by atoms with van der Waals surface area (Å²) in [5.41, 5.74) is 2.95. The Morgan fingerprint density at radius 3 is 2.50 bits per heavy atom. The molecule has 1 unspecified atom stereocenters. The van der Waals surface area contributed by atoms with E-state index in [0.29, 0.717) is 5.56 Å². The zero-order valence-electron chi connectivity index (χ0n) is 11.1. The van der Waals surface area contributed by atoms with Gasteiger partial charge >= 0.3 is 0 Å². The van der Waals surface area contributed by atoms with Gasteiger partial charge in [0.1, 0.15) is 5.82 Å². The van der Waals surface area contributed by atoms with Crippen LogP contribution in [0.3, 0.4) is 0 Å². The van der Waals surface area contributed by atoms with Crippen molar-refractivity contribution in [2.24, 2.45) is 0 Å². The molecule has 0 heterocycles. The number of hydrogen-bond acceptors (Lipinski definition) is 0. The minimum Gasteiger partial charge on any atom is -0.207 e. The normalized spacial score (nSPS) is 12.6. The van der Waals surface area contributed by atoms with E-state index < -0.39 is 0 Å². The Kier molecular flexibility index (Phi) is 3.58. The SMILES string of the molecule is Cc1cc(C(Br)c2cccc3ccccc23)ccc1F. The van der Waals surface area contributed by atoms with Gasteiger partial charge in [-0.2, -0.15) is 0 Å². The van der Waals surface area contributed by atoms with Gasteiger partial charge in [-0.15, -0.1) is 0 Å². The van der Waals surface area contributed by atoms with Crippen LogP contribution in [0.25, 0.3) is 10.8 Å². The average molecular weight is 329 g/mol. The number of rotatable bonds is 2. The average Bonchev–Trinajstić information content (AvgIpc) is 2.49. The van der Waals surface area contributed by atoms with Crippen molar-refractivity contribution >= 4 is 26.7 Å². The van der Waals surface area contributed by atoms with E-state index in [1.807, 2.05) is 24.3 Å². The van der Waals surface area contributed by atoms with Gasteiger partial charge in [-0.25, -0.2) is 4.39 Å². The predicted octanol–water partition coefficient (Wildman–Crippen LogP) is 5.77. The van der Waals surface area contributed by atoms with Crippen LogP contribution in [0.15, 0.2) is 60.7 Å². The van der Waals surface area contributed by atoms with Crippen molar-refractivity contribution in [2.45, 2.75) is 11.8 Å². The standard InChI is InChI=1S/C18H14BrF/c1-12-11-14(9-10-17(12)20)18(19)16-8-4-6-13-5-2-3-7-15(13)16/h2-11,18H,1H3. The highest BCUT2D eigenvalue weighted by atomic mass is 79.9. The van der Waals surface area contributed by atoms with Gasteiger partial charge in [-0.05, 0) is 40.5 Å². The monoisotopic (exact) mass is 328 g/mol. The summed E-state index contributed by atoms with van der Waals surface area (Å²) in [6.45, 7) is 1.79. The van der Waals surface area contributed by atoms with Crippen molar-refractivity contribution in [3.05, 3.63) is 83.2 Å². The molecule has 0 nitrogen and oxygen atoms in total. The Hall–Kier alpha value is -1.67. The molecule has 2 heteroatoms. The lowest BCUT2D eigenvalue weighted by Gasteiger charge is -2.14. The first kappa shape index (κ1) is 13.3. The van der Waals surface area contributed by atoms with Crippen molar-refractivity contribution < 1.29 is 4.39 Å². The van der Waals surface area contributed by atoms with Crippen molar-refractivity contribution in [1.29, 1.82) is 0 Å². The van der Waals surface area contributed by atoms with Crippen LogP contribution in [0.5, 0.6) is 0 Å². The van der Waals surface area contributed by atoms with Crippen LogP contribution in [0, 0.1) is 12.7 Å². The lowest BCUT2D eigenvalue weighted by Crippen LogP contribution is -1.96. The quantitative estimate of drug-likeness (QED) is 0.524. The van der Waals surface area contributed by atoms with E-state index in [1.54, 1.807) is 6.92 Å². The molecule has 0 aliphatic heterocycles. The summed E-state index contributed by atoms with van der Waals surface area (Å²) >= 11 is 3.75. The Labute approximate surface area is 126 Å². The Bertz CT molecular complexity index is 759. The van der Waals surface area contributed by atoms with Crippen molar-refractivity contribution in [3.63, 3.8) is 0 Å². The Morgan fingerprint density at radius 1 is 0.950 bits per heavy atom. The molecule has 0 saturated heterocycles. The highest BCUT2D eigenvalue weighted by Crippen LogP contribution is 2.35. The maximum absolute atomic E-state index is 13.4. The third-order valence-electron chi connectivity index (χ3n) is 3.57. The molecule has 3 aromatic rings. The maximum Gasteiger partial charge on any atom is 0.126 e. The van der Waals surface area contributed by atoms with E-state index in [9.17, 15) is 4.39 Å². The van der Waals surface area contributed by atoms with Crippen LogP contribution in [0.4, 0.5) is 4.39 Å². The first-order chi connectivity index (χ1) is 9.66. The van der Waals surface area contributed by atoms with Crippen LogP contribution >= 0.6 is 15.9 Å². The van der Waals surface area contributed by atoms with Crippen molar-refractivity contribution in [3.8, 4) is 0 Å². The zero-order valence-corrected chi connectivity index (χ0v) is 12.7. The summed E-state index contributed by atoms with van der Waals surface area (Å²) in [5, 5.41) is 2.44. The van der Waals surface area contributed by atoms with Gasteiger partial charge in [0.05, 0.1) is 4.83 Å². The fourth-order valence-electron chi connectivity index (χ4n) is 2.48. The predicted molar refractivity (Wildman–Crippen MR) is 85.9 cm³/mol. The molecule has 0 amide bonds. The first-order valence-electron chi connectivity index (χ1n) is 6.54. The third-order valence-corrected chi connectivity index (χ3v) is 4.59. The second-order valence-corrected chi connectivity index (χ2v) is 5.86. The van der Waals surface area contributed by atoms with E-state index in [-0.39, 0.29) is 10.6 Å². The van der Waals surface area contributed by atoms with Gasteiger partial charge in [0.25, 0.3) is 0 Å². The molecular weight excluding hydrogens is 315 g/mol. The molecule has 3 aromatic carbocycles. The molecule has 0 fully saturated rings. The molecule has 1 atom stereocenters. The van der Waals surface area contributed by atoms with Gasteiger partial charge in [0.2, 0.25) is 0 Å². The van der Waals surface area contributed by atoms with E-state index >= 15 is 0 Å². The number of halogens is 2. The molecule has 0 aromatic heterocycles. The molecule has 100 valence electrons. The van der Waals surface area contributed by atoms with Gasteiger partial charge in [0.15, 0.2) is 0 Å². The molecule has 0 aliphatic rings. The molecule has 0 N–H and O–H groups in total. The lowest BCUT2D eigenvalue weighted by atomic mass is 9.97. The van der Waals surface area contributed by atoms with Crippen LogP contribution in [0.1, 0.15) is 21.5 Å². The summed E-state index contributed by atoms with van der Waals surface area (Å²) in [6, 6.07) is 19.9. The second-order valence-electron chi connectivity index (χ2n) is 4.94. The third kappa shape index (κ3) is 2.36. The summed E-state index contributed by atoms with van der Waals surface area (Å²) in [7, 11) is 0. The zero-order chi connectivity index (χ0) is 14.1. The fourth-order valence-corrected chi connectivity index (χ4v) is 3.16. The molecule has 20 heavy (non-hydrogen) atoms. The lowest BCUT2D eigenvalue weighted by molar-refractivity contribution is 0.618. The number of fused-ring (bicyclic) bond motifs is 1. The van der Waals surface area contributed by atoms with Crippen molar-refractivity contribution in [2.75, 3.05) is 0 Å². The fraction of sp³-hybridized carbons (Fsp3) is 0.111. The number of alkyl halides is 1. The van der Waals surface area contributed by atoms with E-state index in [4.69, 9.17) is 0 Å². The second kappa shape index (κ2) is 5.37. The Balaban J connectivity index is 2.12. The first-order valence-corrected chi connectivity index (χ1v) is 7.46. The van der Waals surface area contributed by atoms with Crippen LogP contribution in [0.2, 0.25) is 0 Å². The number of aryl methyl sites for hydroxylation is 1. The number of benzene rings is 3. The summed E-state index contributed by atoms with van der Waals surface area (Å²) in [5.74, 6) is -0.161. The molecule has 0 aliphatic carbocycles. The molecule has 0 spiro atoms. The Morgan fingerprint density at radius 2 is 1.70 bits per heavy atom. The van der Waals surface area contributed by atoms with E-state index in [0.717, 1.165) is 5.56 Å². The molecule has 0 bridgehead atoms. The minimum absolute atomic E-state index is 0.0629. The van der Waals surface area contributed by atoms with Crippen LogP contribution in [-0.4, -0.2) is 0 Å². The topological polar surface area (TPSA) is 0 Å².